The lowest BCUT2D eigenvalue weighted by atomic mass is 10.1. The minimum Gasteiger partial charge on any atom is -0.350 e. The second-order valence-electron chi connectivity index (χ2n) is 3.26. The van der Waals surface area contributed by atoms with Crippen molar-refractivity contribution in [3.8, 4) is 0 Å². The molecule has 2 rings (SSSR count). The molecule has 0 radical (unpaired) electrons. The van der Waals surface area contributed by atoms with Gasteiger partial charge in [0.1, 0.15) is 5.69 Å². The monoisotopic (exact) mass is 223 g/mol. The van der Waals surface area contributed by atoms with Crippen LogP contribution in [-0.4, -0.2) is 10.9 Å². The Labute approximate surface area is 91.4 Å². The Morgan fingerprint density at radius 1 is 1.53 bits per heavy atom. The van der Waals surface area contributed by atoms with Crippen molar-refractivity contribution in [2.45, 2.75) is 6.92 Å². The average molecular weight is 224 g/mol. The van der Waals surface area contributed by atoms with Gasteiger partial charge in [-0.3, -0.25) is 10.2 Å². The number of halogens is 1. The summed E-state index contributed by atoms with van der Waals surface area (Å²) in [5, 5.41) is 1.48. The van der Waals surface area contributed by atoms with Crippen LogP contribution in [0, 0.1) is 6.92 Å². The van der Waals surface area contributed by atoms with Crippen molar-refractivity contribution in [3.05, 3.63) is 34.5 Å². The number of H-pyrrole nitrogens is 1. The van der Waals surface area contributed by atoms with Crippen LogP contribution >= 0.6 is 11.6 Å². The smallest absolute Gasteiger partial charge is 0.281 e. The number of benzene rings is 1. The Bertz CT molecular complexity index is 533. The first-order valence-electron chi connectivity index (χ1n) is 4.43. The van der Waals surface area contributed by atoms with E-state index in [1.54, 1.807) is 6.07 Å². The van der Waals surface area contributed by atoms with Crippen LogP contribution in [-0.2, 0) is 0 Å². The fourth-order valence-corrected chi connectivity index (χ4v) is 1.98. The molecule has 1 heterocycles. The molecule has 1 amide bonds. The van der Waals surface area contributed by atoms with E-state index in [0.717, 1.165) is 16.5 Å². The number of aryl methyl sites for hydroxylation is 1. The van der Waals surface area contributed by atoms with Crippen LogP contribution in [0.2, 0.25) is 5.02 Å². The maximum absolute atomic E-state index is 11.4. The number of fused-ring (bicyclic) bond motifs is 1. The highest BCUT2D eigenvalue weighted by Gasteiger charge is 2.14. The number of carbonyl (C=O) groups is 1. The number of hydrogen-bond acceptors (Lipinski definition) is 2. The SMILES string of the molecule is Cc1c(C(=O)NN)[nH]c2cccc(Cl)c12. The number of nitrogen functional groups attached to an aromatic ring is 1. The molecule has 1 aromatic carbocycles. The lowest BCUT2D eigenvalue weighted by molar-refractivity contribution is 0.0949. The zero-order chi connectivity index (χ0) is 11.0. The number of hydrogen-bond donors (Lipinski definition) is 3. The van der Waals surface area contributed by atoms with Crippen LogP contribution < -0.4 is 11.3 Å². The van der Waals surface area contributed by atoms with E-state index in [-0.39, 0.29) is 5.91 Å². The van der Waals surface area contributed by atoms with E-state index < -0.39 is 0 Å². The number of amides is 1. The quantitative estimate of drug-likeness (QED) is 0.392. The molecule has 0 spiro atoms. The first-order chi connectivity index (χ1) is 7.15. The van der Waals surface area contributed by atoms with Gasteiger partial charge in [0.15, 0.2) is 0 Å². The minimum absolute atomic E-state index is 0.347. The number of aromatic amines is 1. The lowest BCUT2D eigenvalue weighted by Crippen LogP contribution is -2.30. The fraction of sp³-hybridized carbons (Fsp3) is 0.100. The lowest BCUT2D eigenvalue weighted by Gasteiger charge is -1.97. The van der Waals surface area contributed by atoms with Crippen LogP contribution in [0.4, 0.5) is 0 Å². The van der Waals surface area contributed by atoms with Crippen LogP contribution in [0.1, 0.15) is 16.1 Å². The van der Waals surface area contributed by atoms with Gasteiger partial charge < -0.3 is 4.98 Å². The molecule has 2 aromatic rings. The van der Waals surface area contributed by atoms with Crippen molar-refractivity contribution >= 4 is 28.4 Å². The predicted octanol–water partition coefficient (Wildman–Crippen LogP) is 1.73. The van der Waals surface area contributed by atoms with Gasteiger partial charge in [0.05, 0.1) is 5.02 Å². The minimum atomic E-state index is -0.347. The zero-order valence-corrected chi connectivity index (χ0v) is 8.85. The number of rotatable bonds is 1. The Kier molecular flexibility index (Phi) is 2.38. The van der Waals surface area contributed by atoms with Gasteiger partial charge in [-0.25, -0.2) is 5.84 Å². The summed E-state index contributed by atoms with van der Waals surface area (Å²) < 4.78 is 0. The molecular formula is C10H10ClN3O. The summed E-state index contributed by atoms with van der Waals surface area (Å²) in [6.07, 6.45) is 0. The van der Waals surface area contributed by atoms with Gasteiger partial charge in [-0.15, -0.1) is 0 Å². The first kappa shape index (κ1) is 10.0. The summed E-state index contributed by atoms with van der Waals surface area (Å²) in [7, 11) is 0. The van der Waals surface area contributed by atoms with Gasteiger partial charge in [0.25, 0.3) is 5.91 Å². The van der Waals surface area contributed by atoms with E-state index in [2.05, 4.69) is 10.4 Å². The third kappa shape index (κ3) is 1.48. The number of carbonyl (C=O) groups excluding carboxylic acids is 1. The van der Waals surface area contributed by atoms with Crippen LogP contribution in [0.25, 0.3) is 10.9 Å². The Hall–Kier alpha value is -1.52. The van der Waals surface area contributed by atoms with E-state index in [1.165, 1.54) is 0 Å². The summed E-state index contributed by atoms with van der Waals surface area (Å²) in [4.78, 5) is 14.4. The maximum Gasteiger partial charge on any atom is 0.281 e. The molecule has 4 N–H and O–H groups in total. The average Bonchev–Trinajstić information content (AvgIpc) is 2.56. The fourth-order valence-electron chi connectivity index (χ4n) is 1.66. The predicted molar refractivity (Wildman–Crippen MR) is 59.7 cm³/mol. The van der Waals surface area contributed by atoms with Crippen molar-refractivity contribution in [3.63, 3.8) is 0 Å². The van der Waals surface area contributed by atoms with Crippen LogP contribution in [0.15, 0.2) is 18.2 Å². The van der Waals surface area contributed by atoms with Gasteiger partial charge >= 0.3 is 0 Å². The molecule has 0 aliphatic carbocycles. The molecule has 0 aliphatic heterocycles. The largest absolute Gasteiger partial charge is 0.350 e. The zero-order valence-electron chi connectivity index (χ0n) is 8.10. The van der Waals surface area contributed by atoms with E-state index in [1.807, 2.05) is 19.1 Å². The highest BCUT2D eigenvalue weighted by Crippen LogP contribution is 2.28. The molecule has 0 bridgehead atoms. The molecular weight excluding hydrogens is 214 g/mol. The Balaban J connectivity index is 2.75. The summed E-state index contributed by atoms with van der Waals surface area (Å²) in [6, 6.07) is 5.47. The summed E-state index contributed by atoms with van der Waals surface area (Å²) in [5.74, 6) is 4.73. The normalized spacial score (nSPS) is 10.6. The standard InChI is InChI=1S/C10H10ClN3O/c1-5-8-6(11)3-2-4-7(8)13-9(5)10(15)14-12/h2-4,13H,12H2,1H3,(H,14,15). The van der Waals surface area contributed by atoms with Crippen LogP contribution in [0.5, 0.6) is 0 Å². The van der Waals surface area contributed by atoms with Gasteiger partial charge in [0.2, 0.25) is 0 Å². The van der Waals surface area contributed by atoms with E-state index >= 15 is 0 Å². The second-order valence-corrected chi connectivity index (χ2v) is 3.67. The molecule has 0 fully saturated rings. The van der Waals surface area contributed by atoms with Gasteiger partial charge in [-0.2, -0.15) is 0 Å². The number of nitrogens with one attached hydrogen (secondary N) is 2. The highest BCUT2D eigenvalue weighted by atomic mass is 35.5. The van der Waals surface area contributed by atoms with Gasteiger partial charge in [-0.1, -0.05) is 17.7 Å². The molecule has 78 valence electrons. The first-order valence-corrected chi connectivity index (χ1v) is 4.80. The molecule has 0 atom stereocenters. The molecule has 5 heteroatoms. The van der Waals surface area contributed by atoms with Gasteiger partial charge in [-0.05, 0) is 24.6 Å². The van der Waals surface area contributed by atoms with Crippen molar-refractivity contribution in [1.29, 1.82) is 0 Å². The van der Waals surface area contributed by atoms with Crippen molar-refractivity contribution < 1.29 is 4.79 Å². The molecule has 0 saturated heterocycles. The summed E-state index contributed by atoms with van der Waals surface area (Å²) >= 11 is 6.04. The van der Waals surface area contributed by atoms with Crippen LogP contribution in [0.3, 0.4) is 0 Å². The molecule has 1 aromatic heterocycles. The maximum atomic E-state index is 11.4. The van der Waals surface area contributed by atoms with E-state index in [0.29, 0.717) is 10.7 Å². The van der Waals surface area contributed by atoms with Gasteiger partial charge in [0, 0.05) is 10.9 Å². The highest BCUT2D eigenvalue weighted by molar-refractivity contribution is 6.36. The van der Waals surface area contributed by atoms with Crippen molar-refractivity contribution in [1.82, 2.24) is 10.4 Å². The Morgan fingerprint density at radius 2 is 2.27 bits per heavy atom. The van der Waals surface area contributed by atoms with E-state index in [9.17, 15) is 4.79 Å². The third-order valence-corrected chi connectivity index (χ3v) is 2.70. The number of nitrogens with two attached hydrogens (primary N) is 1. The number of hydrazine groups is 1. The molecule has 15 heavy (non-hydrogen) atoms. The topological polar surface area (TPSA) is 70.9 Å². The van der Waals surface area contributed by atoms with Crippen molar-refractivity contribution in [2.24, 2.45) is 5.84 Å². The third-order valence-electron chi connectivity index (χ3n) is 2.38. The molecule has 0 aliphatic rings. The van der Waals surface area contributed by atoms with E-state index in [4.69, 9.17) is 17.4 Å². The Morgan fingerprint density at radius 3 is 2.87 bits per heavy atom. The second kappa shape index (κ2) is 3.56. The number of aromatic nitrogens is 1. The van der Waals surface area contributed by atoms with Crippen molar-refractivity contribution in [2.75, 3.05) is 0 Å². The molecule has 0 unspecified atom stereocenters. The molecule has 0 saturated carbocycles. The summed E-state index contributed by atoms with van der Waals surface area (Å²) in [6.45, 7) is 1.83. The molecule has 4 nitrogen and oxygen atoms in total. The summed E-state index contributed by atoms with van der Waals surface area (Å²) in [5.41, 5.74) is 4.17.